The second kappa shape index (κ2) is 4.89. The van der Waals surface area contributed by atoms with Crippen molar-refractivity contribution in [3.05, 3.63) is 0 Å². The third-order valence-corrected chi connectivity index (χ3v) is 5.89. The summed E-state index contributed by atoms with van der Waals surface area (Å²) in [7, 11) is -4.84. The lowest BCUT2D eigenvalue weighted by Crippen LogP contribution is -2.50. The van der Waals surface area contributed by atoms with Gasteiger partial charge in [-0.05, 0) is 41.0 Å². The van der Waals surface area contributed by atoms with E-state index < -0.39 is 41.9 Å². The molecule has 112 valence electrons. The van der Waals surface area contributed by atoms with Gasteiger partial charge >= 0.3 is 19.5 Å². The molecule has 19 heavy (non-hydrogen) atoms. The van der Waals surface area contributed by atoms with Crippen LogP contribution in [0.2, 0.25) is 0 Å². The molecule has 0 aromatic carbocycles. The maximum Gasteiger partial charge on any atom is 0.332 e. The summed E-state index contributed by atoms with van der Waals surface area (Å²) in [5.41, 5.74) is -3.23. The van der Waals surface area contributed by atoms with Gasteiger partial charge in [0.2, 0.25) is 0 Å². The first-order valence-corrected chi connectivity index (χ1v) is 7.23. The zero-order valence-electron chi connectivity index (χ0n) is 11.7. The summed E-state index contributed by atoms with van der Waals surface area (Å²) < 4.78 is 11.7. The van der Waals surface area contributed by atoms with Crippen LogP contribution in [0.15, 0.2) is 0 Å². The molecule has 0 aliphatic rings. The fourth-order valence-corrected chi connectivity index (χ4v) is 3.28. The van der Waals surface area contributed by atoms with Crippen molar-refractivity contribution in [2.45, 2.75) is 46.2 Å². The summed E-state index contributed by atoms with van der Waals surface area (Å²) in [6, 6.07) is 0. The molecule has 7 nitrogen and oxygen atoms in total. The molecule has 0 radical (unpaired) electrons. The predicted octanol–water partition coefficient (Wildman–Crippen LogP) is 1.53. The van der Waals surface area contributed by atoms with Gasteiger partial charge in [-0.15, -0.1) is 0 Å². The lowest BCUT2D eigenvalue weighted by Gasteiger charge is -2.44. The number of carboxylic acids is 2. The average Bonchev–Trinajstić information content (AvgIpc) is 2.14. The van der Waals surface area contributed by atoms with E-state index >= 15 is 0 Å². The van der Waals surface area contributed by atoms with Crippen LogP contribution in [0, 0.1) is 10.8 Å². The molecular weight excluding hydrogens is 275 g/mol. The fraction of sp³-hybridized carbons (Fsp3) is 0.818. The Morgan fingerprint density at radius 2 is 1.32 bits per heavy atom. The van der Waals surface area contributed by atoms with Gasteiger partial charge in [0.1, 0.15) is 0 Å². The number of carboxylic acid groups (broad SMARTS) is 2. The Kier molecular flexibility index (Phi) is 4.65. The Hall–Kier alpha value is -0.910. The molecule has 0 aliphatic heterocycles. The topological polar surface area (TPSA) is 132 Å². The van der Waals surface area contributed by atoms with Crippen LogP contribution in [0.4, 0.5) is 0 Å². The second-order valence-corrected chi connectivity index (χ2v) is 8.19. The van der Waals surface area contributed by atoms with Gasteiger partial charge in [-0.25, -0.2) is 0 Å². The second-order valence-electron chi connectivity index (χ2n) is 6.11. The molecule has 0 heterocycles. The standard InChI is InChI=1S/C11H21O7P/c1-9(2,7(12)13)6-11(5,19(16,17)18)10(3,4)8(14)15/h6H2,1-5H3,(H,12,13)(H,14,15)(H2,16,17,18). The highest BCUT2D eigenvalue weighted by Gasteiger charge is 2.60. The van der Waals surface area contributed by atoms with Crippen molar-refractivity contribution >= 4 is 19.5 Å². The minimum atomic E-state index is -4.84. The van der Waals surface area contributed by atoms with Gasteiger partial charge in [0.15, 0.2) is 0 Å². The Labute approximate surface area is 111 Å². The van der Waals surface area contributed by atoms with Crippen molar-refractivity contribution in [2.75, 3.05) is 0 Å². The van der Waals surface area contributed by atoms with E-state index in [4.69, 9.17) is 5.11 Å². The van der Waals surface area contributed by atoms with E-state index in [1.54, 1.807) is 0 Å². The van der Waals surface area contributed by atoms with E-state index in [1.165, 1.54) is 27.7 Å². The Morgan fingerprint density at radius 3 is 1.53 bits per heavy atom. The Balaban J connectivity index is 5.94. The quantitative estimate of drug-likeness (QED) is 0.546. The summed E-state index contributed by atoms with van der Waals surface area (Å²) in [5, 5.41) is 16.3. The fourth-order valence-electron chi connectivity index (χ4n) is 1.85. The van der Waals surface area contributed by atoms with Gasteiger partial charge in [-0.1, -0.05) is 0 Å². The van der Waals surface area contributed by atoms with E-state index in [-0.39, 0.29) is 0 Å². The molecule has 0 rings (SSSR count). The lowest BCUT2D eigenvalue weighted by molar-refractivity contribution is -0.154. The molecular formula is C11H21O7P. The number of hydrogen-bond donors (Lipinski definition) is 4. The Bertz CT molecular complexity index is 434. The number of aliphatic carboxylic acids is 2. The molecule has 0 saturated heterocycles. The first-order valence-electron chi connectivity index (χ1n) is 5.62. The maximum atomic E-state index is 11.7. The number of hydrogen-bond acceptors (Lipinski definition) is 3. The molecule has 8 heteroatoms. The van der Waals surface area contributed by atoms with Crippen LogP contribution < -0.4 is 0 Å². The first-order chi connectivity index (χ1) is 8.09. The van der Waals surface area contributed by atoms with E-state index in [2.05, 4.69) is 0 Å². The van der Waals surface area contributed by atoms with Crippen LogP contribution in [0.1, 0.15) is 41.0 Å². The van der Waals surface area contributed by atoms with Crippen molar-refractivity contribution < 1.29 is 34.2 Å². The van der Waals surface area contributed by atoms with Gasteiger partial charge in [-0.2, -0.15) is 0 Å². The molecule has 0 amide bonds. The zero-order chi connectivity index (χ0) is 15.9. The van der Waals surface area contributed by atoms with E-state index in [0.717, 1.165) is 6.92 Å². The largest absolute Gasteiger partial charge is 0.481 e. The molecule has 0 aromatic heterocycles. The van der Waals surface area contributed by atoms with Gasteiger partial charge in [0.25, 0.3) is 0 Å². The molecule has 0 fully saturated rings. The van der Waals surface area contributed by atoms with Crippen LogP contribution in [-0.2, 0) is 14.2 Å². The van der Waals surface area contributed by atoms with Crippen molar-refractivity contribution in [2.24, 2.45) is 10.8 Å². The van der Waals surface area contributed by atoms with Gasteiger partial charge in [0, 0.05) is 0 Å². The van der Waals surface area contributed by atoms with Crippen LogP contribution in [0.3, 0.4) is 0 Å². The monoisotopic (exact) mass is 296 g/mol. The molecule has 1 atom stereocenters. The summed E-state index contributed by atoms with van der Waals surface area (Å²) in [6.45, 7) is 6.10. The first kappa shape index (κ1) is 18.1. The summed E-state index contributed by atoms with van der Waals surface area (Å²) >= 11 is 0. The minimum Gasteiger partial charge on any atom is -0.481 e. The average molecular weight is 296 g/mol. The van der Waals surface area contributed by atoms with Crippen LogP contribution >= 0.6 is 7.60 Å². The predicted molar refractivity (Wildman–Crippen MR) is 67.9 cm³/mol. The maximum absolute atomic E-state index is 11.7. The molecule has 4 N–H and O–H groups in total. The van der Waals surface area contributed by atoms with Gasteiger partial charge in [-0.3, -0.25) is 14.2 Å². The SMILES string of the molecule is CC(C)(CC(C)(C(C)(C)C(=O)O)P(=O)(O)O)C(=O)O. The van der Waals surface area contributed by atoms with Crippen molar-refractivity contribution in [3.63, 3.8) is 0 Å². The number of carbonyl (C=O) groups is 2. The van der Waals surface area contributed by atoms with Crippen molar-refractivity contribution in [1.82, 2.24) is 0 Å². The van der Waals surface area contributed by atoms with E-state index in [1.807, 2.05) is 0 Å². The smallest absolute Gasteiger partial charge is 0.332 e. The highest BCUT2D eigenvalue weighted by Crippen LogP contribution is 2.63. The third kappa shape index (κ3) is 3.16. The molecule has 1 unspecified atom stereocenters. The zero-order valence-corrected chi connectivity index (χ0v) is 12.6. The Morgan fingerprint density at radius 1 is 0.947 bits per heavy atom. The number of rotatable bonds is 6. The van der Waals surface area contributed by atoms with Crippen molar-refractivity contribution in [1.29, 1.82) is 0 Å². The van der Waals surface area contributed by atoms with Crippen LogP contribution in [-0.4, -0.2) is 37.1 Å². The molecule has 0 spiro atoms. The van der Waals surface area contributed by atoms with E-state index in [9.17, 15) is 29.0 Å². The highest BCUT2D eigenvalue weighted by atomic mass is 31.2. The summed E-state index contributed by atoms with van der Waals surface area (Å²) in [5.74, 6) is -2.63. The minimum absolute atomic E-state index is 0.459. The molecule has 0 aliphatic carbocycles. The van der Waals surface area contributed by atoms with Gasteiger partial charge < -0.3 is 20.0 Å². The van der Waals surface area contributed by atoms with Crippen molar-refractivity contribution in [3.8, 4) is 0 Å². The summed E-state index contributed by atoms with van der Waals surface area (Å²) in [4.78, 5) is 41.4. The lowest BCUT2D eigenvalue weighted by atomic mass is 9.70. The van der Waals surface area contributed by atoms with E-state index in [0.29, 0.717) is 0 Å². The molecule has 0 aromatic rings. The highest BCUT2D eigenvalue weighted by molar-refractivity contribution is 7.53. The normalized spacial score (nSPS) is 16.8. The van der Waals surface area contributed by atoms with Crippen LogP contribution in [0.25, 0.3) is 0 Å². The molecule has 0 bridgehead atoms. The van der Waals surface area contributed by atoms with Gasteiger partial charge in [0.05, 0.1) is 16.0 Å². The van der Waals surface area contributed by atoms with Crippen LogP contribution in [0.5, 0.6) is 0 Å². The molecule has 0 saturated carbocycles. The third-order valence-electron chi connectivity index (χ3n) is 3.89. The summed E-state index contributed by atoms with van der Waals surface area (Å²) in [6.07, 6.45) is -0.459.